The Balaban J connectivity index is 1.49. The lowest BCUT2D eigenvalue weighted by Crippen LogP contribution is -2.44. The molecule has 3 aromatic rings. The molecule has 33 heavy (non-hydrogen) atoms. The van der Waals surface area contributed by atoms with Crippen LogP contribution >= 0.6 is 0 Å². The van der Waals surface area contributed by atoms with Gasteiger partial charge in [0.15, 0.2) is 0 Å². The second-order valence-electron chi connectivity index (χ2n) is 8.74. The first-order chi connectivity index (χ1) is 15.8. The molecule has 0 N–H and O–H groups in total. The quantitative estimate of drug-likeness (QED) is 0.522. The first-order valence-corrected chi connectivity index (χ1v) is 12.8. The highest BCUT2D eigenvalue weighted by Crippen LogP contribution is 2.28. The fraction of sp³-hybridized carbons (Fsp3) is 0.296. The summed E-state index contributed by atoms with van der Waals surface area (Å²) in [4.78, 5) is 15.8. The van der Waals surface area contributed by atoms with Crippen LogP contribution in [0.15, 0.2) is 83.8 Å². The summed E-state index contributed by atoms with van der Waals surface area (Å²) >= 11 is 0. The molecule has 3 aromatic carbocycles. The van der Waals surface area contributed by atoms with Crippen LogP contribution in [-0.4, -0.2) is 31.7 Å². The lowest BCUT2D eigenvalue weighted by molar-refractivity contribution is -0.123. The van der Waals surface area contributed by atoms with Crippen molar-refractivity contribution < 1.29 is 13.2 Å². The van der Waals surface area contributed by atoms with E-state index in [1.54, 1.807) is 12.1 Å². The highest BCUT2D eigenvalue weighted by molar-refractivity contribution is 7.89. The number of hydrogen-bond donors (Lipinski definition) is 0. The number of carbonyl (C=O) groups is 1. The molecule has 1 fully saturated rings. The number of amides is 1. The Hall–Kier alpha value is -2.96. The zero-order valence-electron chi connectivity index (χ0n) is 19.1. The minimum absolute atomic E-state index is 0.0510. The van der Waals surface area contributed by atoms with Gasteiger partial charge in [-0.05, 0) is 56.5 Å². The summed E-state index contributed by atoms with van der Waals surface area (Å²) in [6.45, 7) is 5.14. The lowest BCUT2D eigenvalue weighted by atomic mass is 9.96. The van der Waals surface area contributed by atoms with Crippen molar-refractivity contribution in [1.29, 1.82) is 0 Å². The molecule has 0 spiro atoms. The molecule has 172 valence electrons. The van der Waals surface area contributed by atoms with Gasteiger partial charge in [-0.1, -0.05) is 65.7 Å². The first-order valence-electron chi connectivity index (χ1n) is 11.3. The van der Waals surface area contributed by atoms with Crippen LogP contribution in [0.5, 0.6) is 0 Å². The Bertz CT molecular complexity index is 1180. The van der Waals surface area contributed by atoms with Gasteiger partial charge in [0.1, 0.15) is 0 Å². The van der Waals surface area contributed by atoms with Gasteiger partial charge in [-0.2, -0.15) is 4.31 Å². The summed E-state index contributed by atoms with van der Waals surface area (Å²) in [7, 11) is -3.55. The van der Waals surface area contributed by atoms with E-state index in [0.717, 1.165) is 22.4 Å². The van der Waals surface area contributed by atoms with E-state index in [-0.39, 0.29) is 11.8 Å². The van der Waals surface area contributed by atoms with Gasteiger partial charge in [0.05, 0.1) is 11.4 Å². The number of aryl methyl sites for hydroxylation is 2. The van der Waals surface area contributed by atoms with E-state index in [0.29, 0.717) is 37.4 Å². The van der Waals surface area contributed by atoms with Gasteiger partial charge in [0.2, 0.25) is 15.9 Å². The van der Waals surface area contributed by atoms with Crippen LogP contribution in [0.25, 0.3) is 0 Å². The van der Waals surface area contributed by atoms with Crippen molar-refractivity contribution in [3.63, 3.8) is 0 Å². The fourth-order valence-corrected chi connectivity index (χ4v) is 5.68. The third-order valence-electron chi connectivity index (χ3n) is 6.26. The van der Waals surface area contributed by atoms with E-state index in [1.807, 2.05) is 85.5 Å². The molecule has 1 aliphatic rings. The molecule has 0 bridgehead atoms. The van der Waals surface area contributed by atoms with E-state index in [1.165, 1.54) is 4.31 Å². The number of piperidine rings is 1. The molecule has 0 aliphatic carbocycles. The molecule has 1 saturated heterocycles. The molecular weight excluding hydrogens is 432 g/mol. The smallest absolute Gasteiger partial charge is 0.243 e. The molecule has 0 unspecified atom stereocenters. The van der Waals surface area contributed by atoms with Crippen molar-refractivity contribution in [1.82, 2.24) is 4.31 Å². The fourth-order valence-electron chi connectivity index (χ4n) is 4.21. The van der Waals surface area contributed by atoms with Crippen molar-refractivity contribution >= 4 is 21.6 Å². The van der Waals surface area contributed by atoms with Gasteiger partial charge in [0, 0.05) is 24.7 Å². The van der Waals surface area contributed by atoms with Crippen molar-refractivity contribution in [2.75, 3.05) is 18.0 Å². The summed E-state index contributed by atoms with van der Waals surface area (Å²) in [6, 6.07) is 24.9. The number of carbonyl (C=O) groups excluding carboxylic acids is 1. The molecule has 0 aromatic heterocycles. The zero-order valence-corrected chi connectivity index (χ0v) is 20.0. The van der Waals surface area contributed by atoms with Crippen LogP contribution in [0.2, 0.25) is 0 Å². The van der Waals surface area contributed by atoms with Crippen molar-refractivity contribution in [3.8, 4) is 0 Å². The number of rotatable bonds is 6. The molecule has 0 atom stereocenters. The SMILES string of the molecule is Cc1ccc(N(Cc2ccccc2)C(=O)C2CCN(S(=O)(=O)c3ccc(C)cc3)CC2)cc1. The van der Waals surface area contributed by atoms with Gasteiger partial charge in [-0.3, -0.25) is 4.79 Å². The van der Waals surface area contributed by atoms with E-state index >= 15 is 0 Å². The third kappa shape index (κ3) is 5.34. The van der Waals surface area contributed by atoms with E-state index in [4.69, 9.17) is 0 Å². The minimum atomic E-state index is -3.55. The molecular formula is C27H30N2O3S. The maximum absolute atomic E-state index is 13.6. The average Bonchev–Trinajstić information content (AvgIpc) is 2.84. The van der Waals surface area contributed by atoms with Gasteiger partial charge < -0.3 is 4.90 Å². The van der Waals surface area contributed by atoms with Crippen LogP contribution in [0.3, 0.4) is 0 Å². The topological polar surface area (TPSA) is 57.7 Å². The van der Waals surface area contributed by atoms with Crippen molar-refractivity contribution in [2.45, 2.75) is 38.1 Å². The number of hydrogen-bond acceptors (Lipinski definition) is 3. The molecule has 1 aliphatic heterocycles. The second-order valence-corrected chi connectivity index (χ2v) is 10.7. The van der Waals surface area contributed by atoms with Crippen molar-refractivity contribution in [3.05, 3.63) is 95.6 Å². The first kappa shape index (κ1) is 23.2. The Morgan fingerprint density at radius 2 is 1.39 bits per heavy atom. The van der Waals surface area contributed by atoms with E-state index in [2.05, 4.69) is 0 Å². The molecule has 4 rings (SSSR count). The second kappa shape index (κ2) is 9.89. The summed E-state index contributed by atoms with van der Waals surface area (Å²) in [5.74, 6) is -0.158. The van der Waals surface area contributed by atoms with Gasteiger partial charge >= 0.3 is 0 Å². The molecule has 5 nitrogen and oxygen atoms in total. The predicted molar refractivity (Wildman–Crippen MR) is 131 cm³/mol. The van der Waals surface area contributed by atoms with Crippen molar-refractivity contribution in [2.24, 2.45) is 5.92 Å². The maximum Gasteiger partial charge on any atom is 0.243 e. The van der Waals surface area contributed by atoms with Crippen LogP contribution in [0.4, 0.5) is 5.69 Å². The third-order valence-corrected chi connectivity index (χ3v) is 8.17. The van der Waals surface area contributed by atoms with Crippen LogP contribution in [0, 0.1) is 19.8 Å². The van der Waals surface area contributed by atoms with Gasteiger partial charge in [0.25, 0.3) is 0 Å². The predicted octanol–water partition coefficient (Wildman–Crippen LogP) is 4.94. The standard InChI is InChI=1S/C27H30N2O3S/c1-21-8-12-25(13-9-21)29(20-23-6-4-3-5-7-23)27(30)24-16-18-28(19-17-24)33(31,32)26-14-10-22(2)11-15-26/h3-15,24H,16-20H2,1-2H3. The van der Waals surface area contributed by atoms with E-state index in [9.17, 15) is 13.2 Å². The average molecular weight is 463 g/mol. The van der Waals surface area contributed by atoms with Crippen LogP contribution in [0.1, 0.15) is 29.5 Å². The summed E-state index contributed by atoms with van der Waals surface area (Å²) < 4.78 is 27.6. The Kier molecular flexibility index (Phi) is 6.96. The minimum Gasteiger partial charge on any atom is -0.308 e. The zero-order chi connectivity index (χ0) is 23.4. The number of anilines is 1. The lowest BCUT2D eigenvalue weighted by Gasteiger charge is -2.34. The Morgan fingerprint density at radius 1 is 0.848 bits per heavy atom. The summed E-state index contributed by atoms with van der Waals surface area (Å²) in [5.41, 5.74) is 4.09. The molecule has 0 radical (unpaired) electrons. The highest BCUT2D eigenvalue weighted by atomic mass is 32.2. The van der Waals surface area contributed by atoms with Crippen LogP contribution < -0.4 is 4.90 Å². The molecule has 6 heteroatoms. The largest absolute Gasteiger partial charge is 0.308 e. The number of sulfonamides is 1. The maximum atomic E-state index is 13.6. The number of nitrogens with zero attached hydrogens (tertiary/aromatic N) is 2. The van der Waals surface area contributed by atoms with Gasteiger partial charge in [-0.25, -0.2) is 8.42 Å². The highest BCUT2D eigenvalue weighted by Gasteiger charge is 2.34. The monoisotopic (exact) mass is 462 g/mol. The molecule has 1 heterocycles. The normalized spacial score (nSPS) is 15.3. The molecule has 1 amide bonds. The van der Waals surface area contributed by atoms with Gasteiger partial charge in [-0.15, -0.1) is 0 Å². The summed E-state index contributed by atoms with van der Waals surface area (Å²) in [5, 5.41) is 0. The Labute approximate surface area is 196 Å². The van der Waals surface area contributed by atoms with E-state index < -0.39 is 10.0 Å². The van der Waals surface area contributed by atoms with Crippen LogP contribution in [-0.2, 0) is 21.4 Å². The molecule has 0 saturated carbocycles. The number of benzene rings is 3. The Morgan fingerprint density at radius 3 is 1.97 bits per heavy atom. The summed E-state index contributed by atoms with van der Waals surface area (Å²) in [6.07, 6.45) is 1.03.